The first-order valence-corrected chi connectivity index (χ1v) is 7.40. The fourth-order valence-corrected chi connectivity index (χ4v) is 2.07. The Morgan fingerprint density at radius 1 is 1.10 bits per heavy atom. The highest BCUT2D eigenvalue weighted by Crippen LogP contribution is 2.14. The summed E-state index contributed by atoms with van der Waals surface area (Å²) in [5.41, 5.74) is 2.11. The van der Waals surface area contributed by atoms with Gasteiger partial charge in [-0.3, -0.25) is 0 Å². The summed E-state index contributed by atoms with van der Waals surface area (Å²) in [6.07, 6.45) is 0.175. The summed E-state index contributed by atoms with van der Waals surface area (Å²) in [6.45, 7) is 4.70. The maximum Gasteiger partial charge on any atom is 0.171 e. The molecule has 3 nitrogen and oxygen atoms in total. The highest BCUT2D eigenvalue weighted by atomic mass is 32.1. The minimum Gasteiger partial charge on any atom is -0.491 e. The molecule has 0 saturated carbocycles. The zero-order chi connectivity index (χ0) is 15.1. The Balaban J connectivity index is 1.86. The Labute approximate surface area is 131 Å². The van der Waals surface area contributed by atoms with Crippen LogP contribution in [0.2, 0.25) is 0 Å². The van der Waals surface area contributed by atoms with Crippen LogP contribution < -0.4 is 15.4 Å². The largest absolute Gasteiger partial charge is 0.491 e. The van der Waals surface area contributed by atoms with E-state index >= 15 is 0 Å². The van der Waals surface area contributed by atoms with Gasteiger partial charge in [0.25, 0.3) is 0 Å². The molecule has 0 heterocycles. The summed E-state index contributed by atoms with van der Waals surface area (Å²) in [5, 5.41) is 6.95. The highest BCUT2D eigenvalue weighted by Gasteiger charge is 2.01. The van der Waals surface area contributed by atoms with Crippen LogP contribution in [-0.4, -0.2) is 11.2 Å². The van der Waals surface area contributed by atoms with Crippen LogP contribution in [0.5, 0.6) is 5.75 Å². The topological polar surface area (TPSA) is 33.3 Å². The van der Waals surface area contributed by atoms with Gasteiger partial charge < -0.3 is 15.4 Å². The van der Waals surface area contributed by atoms with E-state index < -0.39 is 0 Å². The molecule has 0 aliphatic rings. The molecule has 0 radical (unpaired) electrons. The van der Waals surface area contributed by atoms with Crippen LogP contribution in [0.4, 0.5) is 5.69 Å². The van der Waals surface area contributed by atoms with Crippen LogP contribution in [0.15, 0.2) is 54.6 Å². The van der Waals surface area contributed by atoms with E-state index in [0.717, 1.165) is 17.0 Å². The molecule has 110 valence electrons. The Morgan fingerprint density at radius 2 is 1.86 bits per heavy atom. The van der Waals surface area contributed by atoms with Gasteiger partial charge in [-0.15, -0.1) is 0 Å². The van der Waals surface area contributed by atoms with Crippen LogP contribution in [-0.2, 0) is 6.54 Å². The fourth-order valence-electron chi connectivity index (χ4n) is 1.88. The van der Waals surface area contributed by atoms with Gasteiger partial charge in [-0.25, -0.2) is 0 Å². The maximum atomic E-state index is 5.68. The van der Waals surface area contributed by atoms with E-state index in [-0.39, 0.29) is 6.10 Å². The van der Waals surface area contributed by atoms with Crippen LogP contribution in [0, 0.1) is 0 Å². The summed E-state index contributed by atoms with van der Waals surface area (Å²) >= 11 is 5.28. The molecule has 0 fully saturated rings. The second-order valence-electron chi connectivity index (χ2n) is 4.99. The molecule has 0 bridgehead atoms. The predicted molar refractivity (Wildman–Crippen MR) is 91.7 cm³/mol. The first kappa shape index (κ1) is 15.3. The van der Waals surface area contributed by atoms with Crippen LogP contribution >= 0.6 is 12.2 Å². The van der Waals surface area contributed by atoms with Crippen molar-refractivity contribution in [3.05, 3.63) is 60.2 Å². The minimum atomic E-state index is 0.175. The molecule has 2 rings (SSSR count). The third-order valence-corrected chi connectivity index (χ3v) is 3.00. The van der Waals surface area contributed by atoms with Gasteiger partial charge in [-0.1, -0.05) is 30.3 Å². The zero-order valence-corrected chi connectivity index (χ0v) is 13.1. The Hall–Kier alpha value is -2.07. The highest BCUT2D eigenvalue weighted by molar-refractivity contribution is 7.80. The van der Waals surface area contributed by atoms with Crippen molar-refractivity contribution in [1.29, 1.82) is 0 Å². The van der Waals surface area contributed by atoms with E-state index in [2.05, 4.69) is 10.6 Å². The standard InChI is InChI=1S/C17H20N2OS/c1-13(2)20-16-10-6-7-14(11-16)12-18-17(21)19-15-8-4-3-5-9-15/h3-11,13H,12H2,1-2H3,(H2,18,19,21). The Bertz CT molecular complexity index is 584. The number of benzene rings is 2. The second kappa shape index (κ2) is 7.64. The summed E-state index contributed by atoms with van der Waals surface area (Å²) in [4.78, 5) is 0. The second-order valence-corrected chi connectivity index (χ2v) is 5.40. The van der Waals surface area contributed by atoms with E-state index in [4.69, 9.17) is 17.0 Å². The normalized spacial score (nSPS) is 10.2. The number of hydrogen-bond acceptors (Lipinski definition) is 2. The van der Waals surface area contributed by atoms with Gasteiger partial charge in [-0.05, 0) is 55.9 Å². The lowest BCUT2D eigenvalue weighted by atomic mass is 10.2. The number of hydrogen-bond donors (Lipinski definition) is 2. The van der Waals surface area contributed by atoms with Crippen molar-refractivity contribution in [2.75, 3.05) is 5.32 Å². The molecule has 2 aromatic rings. The number of nitrogens with one attached hydrogen (secondary N) is 2. The Morgan fingerprint density at radius 3 is 2.57 bits per heavy atom. The SMILES string of the molecule is CC(C)Oc1cccc(CNC(=S)Nc2ccccc2)c1. The fraction of sp³-hybridized carbons (Fsp3) is 0.235. The van der Waals surface area contributed by atoms with Gasteiger partial charge >= 0.3 is 0 Å². The van der Waals surface area contributed by atoms with E-state index in [9.17, 15) is 0 Å². The van der Waals surface area contributed by atoms with Crippen molar-refractivity contribution in [1.82, 2.24) is 5.32 Å². The lowest BCUT2D eigenvalue weighted by Gasteiger charge is -2.13. The molecule has 0 saturated heterocycles. The lowest BCUT2D eigenvalue weighted by molar-refractivity contribution is 0.242. The third kappa shape index (κ3) is 5.44. The van der Waals surface area contributed by atoms with Gasteiger partial charge in [0, 0.05) is 12.2 Å². The van der Waals surface area contributed by atoms with E-state index in [1.165, 1.54) is 0 Å². The quantitative estimate of drug-likeness (QED) is 0.819. The molecular formula is C17H20N2OS. The number of anilines is 1. The molecule has 0 amide bonds. The predicted octanol–water partition coefficient (Wildman–Crippen LogP) is 3.96. The monoisotopic (exact) mass is 300 g/mol. The summed E-state index contributed by atoms with van der Waals surface area (Å²) < 4.78 is 5.68. The van der Waals surface area contributed by atoms with Crippen molar-refractivity contribution in [2.24, 2.45) is 0 Å². The smallest absolute Gasteiger partial charge is 0.171 e. The molecule has 0 aliphatic carbocycles. The van der Waals surface area contributed by atoms with Gasteiger partial charge in [0.2, 0.25) is 0 Å². The molecule has 0 atom stereocenters. The average Bonchev–Trinajstić information content (AvgIpc) is 2.46. The van der Waals surface area contributed by atoms with Crippen LogP contribution in [0.3, 0.4) is 0 Å². The average molecular weight is 300 g/mol. The summed E-state index contributed by atoms with van der Waals surface area (Å²) in [6, 6.07) is 17.9. The first-order chi connectivity index (χ1) is 10.1. The number of ether oxygens (including phenoxy) is 1. The number of para-hydroxylation sites is 1. The van der Waals surface area contributed by atoms with Crippen molar-refractivity contribution in [3.63, 3.8) is 0 Å². The van der Waals surface area contributed by atoms with Gasteiger partial charge in [0.05, 0.1) is 6.10 Å². The molecule has 2 N–H and O–H groups in total. The molecule has 2 aromatic carbocycles. The minimum absolute atomic E-state index is 0.175. The molecule has 0 unspecified atom stereocenters. The van der Waals surface area contributed by atoms with Gasteiger partial charge in [0.1, 0.15) is 5.75 Å². The summed E-state index contributed by atoms with van der Waals surface area (Å²) in [5.74, 6) is 0.881. The van der Waals surface area contributed by atoms with Crippen molar-refractivity contribution >= 4 is 23.0 Å². The maximum absolute atomic E-state index is 5.68. The zero-order valence-electron chi connectivity index (χ0n) is 12.3. The Kier molecular flexibility index (Phi) is 5.58. The number of rotatable bonds is 5. The van der Waals surface area contributed by atoms with Gasteiger partial charge in [-0.2, -0.15) is 0 Å². The van der Waals surface area contributed by atoms with Crippen LogP contribution in [0.25, 0.3) is 0 Å². The summed E-state index contributed by atoms with van der Waals surface area (Å²) in [7, 11) is 0. The van der Waals surface area contributed by atoms with Crippen molar-refractivity contribution in [3.8, 4) is 5.75 Å². The molecule has 0 aliphatic heterocycles. The first-order valence-electron chi connectivity index (χ1n) is 6.99. The molecular weight excluding hydrogens is 280 g/mol. The lowest BCUT2D eigenvalue weighted by Crippen LogP contribution is -2.27. The van der Waals surface area contributed by atoms with E-state index in [0.29, 0.717) is 11.7 Å². The van der Waals surface area contributed by atoms with Crippen molar-refractivity contribution in [2.45, 2.75) is 26.5 Å². The van der Waals surface area contributed by atoms with Gasteiger partial charge in [0.15, 0.2) is 5.11 Å². The van der Waals surface area contributed by atoms with Crippen molar-refractivity contribution < 1.29 is 4.74 Å². The van der Waals surface area contributed by atoms with E-state index in [1.54, 1.807) is 0 Å². The van der Waals surface area contributed by atoms with Crippen LogP contribution in [0.1, 0.15) is 19.4 Å². The molecule has 0 spiro atoms. The molecule has 21 heavy (non-hydrogen) atoms. The van der Waals surface area contributed by atoms with E-state index in [1.807, 2.05) is 68.4 Å². The molecule has 4 heteroatoms. The third-order valence-electron chi connectivity index (χ3n) is 2.75. The molecule has 0 aromatic heterocycles. The number of thiocarbonyl (C=S) groups is 1.